The third-order valence-corrected chi connectivity index (χ3v) is 4.43. The lowest BCUT2D eigenvalue weighted by molar-refractivity contribution is -0.121. The smallest absolute Gasteiger partial charge is 0.249 e. The van der Waals surface area contributed by atoms with Crippen molar-refractivity contribution in [1.29, 1.82) is 0 Å². The van der Waals surface area contributed by atoms with E-state index in [0.29, 0.717) is 18.1 Å². The molecule has 1 aromatic carbocycles. The molecule has 0 unspecified atom stereocenters. The second kappa shape index (κ2) is 6.91. The molecule has 124 valence electrons. The van der Waals surface area contributed by atoms with Crippen molar-refractivity contribution in [2.24, 2.45) is 0 Å². The number of benzene rings is 1. The van der Waals surface area contributed by atoms with Crippen LogP contribution in [0.2, 0.25) is 0 Å². The fourth-order valence-corrected chi connectivity index (χ4v) is 2.71. The normalized spacial score (nSPS) is 12.8. The van der Waals surface area contributed by atoms with Crippen LogP contribution in [0.5, 0.6) is 0 Å². The molecule has 1 atom stereocenters. The number of carbonyl (C=O) groups is 1. The van der Waals surface area contributed by atoms with Crippen molar-refractivity contribution in [3.8, 4) is 0 Å². The van der Waals surface area contributed by atoms with Gasteiger partial charge in [0.15, 0.2) is 15.7 Å². The molecule has 0 bridgehead atoms. The van der Waals surface area contributed by atoms with Crippen LogP contribution in [-0.2, 0) is 21.1 Å². The molecular formula is C15H19N3O4S. The lowest BCUT2D eigenvalue weighted by Gasteiger charge is -2.12. The highest BCUT2D eigenvalue weighted by molar-refractivity contribution is 7.90. The van der Waals surface area contributed by atoms with Gasteiger partial charge in [-0.2, -0.15) is 4.98 Å². The molecule has 7 nitrogen and oxygen atoms in total. The maximum Gasteiger partial charge on any atom is 0.249 e. The number of nitrogens with one attached hydrogen (secondary N) is 1. The van der Waals surface area contributed by atoms with E-state index in [-0.39, 0.29) is 23.3 Å². The molecule has 1 aromatic heterocycles. The van der Waals surface area contributed by atoms with Gasteiger partial charge in [0.25, 0.3) is 0 Å². The minimum atomic E-state index is -3.23. The third kappa shape index (κ3) is 4.62. The van der Waals surface area contributed by atoms with Gasteiger partial charge < -0.3 is 9.84 Å². The molecule has 23 heavy (non-hydrogen) atoms. The highest BCUT2D eigenvalue weighted by Gasteiger charge is 2.19. The number of aryl methyl sites for hydroxylation is 1. The van der Waals surface area contributed by atoms with Gasteiger partial charge in [0, 0.05) is 6.26 Å². The van der Waals surface area contributed by atoms with Gasteiger partial charge in [-0.25, -0.2) is 8.42 Å². The first-order valence-corrected chi connectivity index (χ1v) is 9.07. The van der Waals surface area contributed by atoms with E-state index in [1.165, 1.54) is 12.1 Å². The number of amides is 1. The van der Waals surface area contributed by atoms with E-state index in [9.17, 15) is 13.2 Å². The predicted octanol–water partition coefficient (Wildman–Crippen LogP) is 1.59. The highest BCUT2D eigenvalue weighted by atomic mass is 32.2. The first-order chi connectivity index (χ1) is 10.8. The molecule has 0 saturated heterocycles. The molecule has 0 aliphatic carbocycles. The zero-order valence-corrected chi connectivity index (χ0v) is 14.1. The van der Waals surface area contributed by atoms with Crippen LogP contribution in [-0.4, -0.2) is 30.7 Å². The Balaban J connectivity index is 2.01. The van der Waals surface area contributed by atoms with Gasteiger partial charge in [0.2, 0.25) is 11.8 Å². The van der Waals surface area contributed by atoms with Crippen LogP contribution in [0.3, 0.4) is 0 Å². The molecule has 0 fully saturated rings. The van der Waals surface area contributed by atoms with E-state index in [1.54, 1.807) is 19.1 Å². The average Bonchev–Trinajstić information content (AvgIpc) is 2.91. The Hall–Kier alpha value is -2.22. The van der Waals surface area contributed by atoms with Crippen LogP contribution in [0.4, 0.5) is 0 Å². The van der Waals surface area contributed by atoms with E-state index < -0.39 is 9.84 Å². The summed E-state index contributed by atoms with van der Waals surface area (Å²) >= 11 is 0. The Bertz CT molecular complexity index is 781. The van der Waals surface area contributed by atoms with Gasteiger partial charge in [-0.3, -0.25) is 4.79 Å². The second-order valence-corrected chi connectivity index (χ2v) is 7.32. The van der Waals surface area contributed by atoms with Crippen molar-refractivity contribution in [3.05, 3.63) is 41.5 Å². The van der Waals surface area contributed by atoms with Crippen molar-refractivity contribution in [2.45, 2.75) is 37.6 Å². The SMILES string of the molecule is CC[C@@H](NC(=O)Cc1ccc(S(C)(=O)=O)cc1)c1nc(C)no1. The van der Waals surface area contributed by atoms with E-state index in [4.69, 9.17) is 4.52 Å². The van der Waals surface area contributed by atoms with Crippen LogP contribution < -0.4 is 5.32 Å². The number of aromatic nitrogens is 2. The third-order valence-electron chi connectivity index (χ3n) is 3.30. The average molecular weight is 337 g/mol. The summed E-state index contributed by atoms with van der Waals surface area (Å²) in [5.74, 6) is 0.703. The molecule has 0 saturated carbocycles. The van der Waals surface area contributed by atoms with Crippen molar-refractivity contribution in [1.82, 2.24) is 15.5 Å². The van der Waals surface area contributed by atoms with Crippen LogP contribution >= 0.6 is 0 Å². The molecule has 1 heterocycles. The van der Waals surface area contributed by atoms with Crippen LogP contribution in [0, 0.1) is 6.92 Å². The topological polar surface area (TPSA) is 102 Å². The maximum absolute atomic E-state index is 12.1. The molecule has 0 radical (unpaired) electrons. The number of hydrogen-bond donors (Lipinski definition) is 1. The van der Waals surface area contributed by atoms with E-state index in [1.807, 2.05) is 6.92 Å². The Morgan fingerprint density at radius 1 is 1.30 bits per heavy atom. The zero-order chi connectivity index (χ0) is 17.0. The fourth-order valence-electron chi connectivity index (χ4n) is 2.08. The van der Waals surface area contributed by atoms with Crippen molar-refractivity contribution < 1.29 is 17.7 Å². The van der Waals surface area contributed by atoms with Gasteiger partial charge in [0.1, 0.15) is 6.04 Å². The molecule has 1 N–H and O–H groups in total. The summed E-state index contributed by atoms with van der Waals surface area (Å²) < 4.78 is 27.9. The van der Waals surface area contributed by atoms with E-state index >= 15 is 0 Å². The summed E-state index contributed by atoms with van der Waals surface area (Å²) in [5, 5.41) is 6.55. The molecular weight excluding hydrogens is 318 g/mol. The van der Waals surface area contributed by atoms with Crippen LogP contribution in [0.1, 0.15) is 36.7 Å². The summed E-state index contributed by atoms with van der Waals surface area (Å²) in [4.78, 5) is 16.5. The largest absolute Gasteiger partial charge is 0.344 e. The van der Waals surface area contributed by atoms with Crippen LogP contribution in [0.25, 0.3) is 0 Å². The van der Waals surface area contributed by atoms with Gasteiger partial charge >= 0.3 is 0 Å². The Morgan fingerprint density at radius 2 is 1.96 bits per heavy atom. The zero-order valence-electron chi connectivity index (χ0n) is 13.2. The monoisotopic (exact) mass is 337 g/mol. The number of nitrogens with zero attached hydrogens (tertiary/aromatic N) is 2. The van der Waals surface area contributed by atoms with Gasteiger partial charge in [-0.15, -0.1) is 0 Å². The number of sulfone groups is 1. The summed E-state index contributed by atoms with van der Waals surface area (Å²) in [5.41, 5.74) is 0.728. The van der Waals surface area contributed by atoms with Crippen molar-refractivity contribution >= 4 is 15.7 Å². The Kier molecular flexibility index (Phi) is 5.15. The maximum atomic E-state index is 12.1. The Morgan fingerprint density at radius 3 is 2.43 bits per heavy atom. The lowest BCUT2D eigenvalue weighted by Crippen LogP contribution is -2.29. The number of hydrogen-bond acceptors (Lipinski definition) is 6. The van der Waals surface area contributed by atoms with Gasteiger partial charge in [0.05, 0.1) is 11.3 Å². The summed E-state index contributed by atoms with van der Waals surface area (Å²) in [7, 11) is -3.23. The minimum Gasteiger partial charge on any atom is -0.344 e. The van der Waals surface area contributed by atoms with E-state index in [0.717, 1.165) is 11.8 Å². The minimum absolute atomic E-state index is 0.146. The second-order valence-electron chi connectivity index (χ2n) is 5.30. The quantitative estimate of drug-likeness (QED) is 0.859. The summed E-state index contributed by atoms with van der Waals surface area (Å²) in [6.45, 7) is 3.62. The fraction of sp³-hybridized carbons (Fsp3) is 0.400. The highest BCUT2D eigenvalue weighted by Crippen LogP contribution is 2.15. The summed E-state index contributed by atoms with van der Waals surface area (Å²) in [6.07, 6.45) is 1.92. The molecule has 1 amide bonds. The van der Waals surface area contributed by atoms with Crippen molar-refractivity contribution in [3.63, 3.8) is 0 Å². The molecule has 0 spiro atoms. The molecule has 2 aromatic rings. The molecule has 0 aliphatic heterocycles. The first-order valence-electron chi connectivity index (χ1n) is 7.18. The van der Waals surface area contributed by atoms with Crippen LogP contribution in [0.15, 0.2) is 33.7 Å². The number of carbonyl (C=O) groups excluding carboxylic acids is 1. The summed E-state index contributed by atoms with van der Waals surface area (Å²) in [6, 6.07) is 5.92. The van der Waals surface area contributed by atoms with E-state index in [2.05, 4.69) is 15.5 Å². The van der Waals surface area contributed by atoms with Gasteiger partial charge in [-0.05, 0) is 31.0 Å². The molecule has 8 heteroatoms. The molecule has 0 aliphatic rings. The van der Waals surface area contributed by atoms with Gasteiger partial charge in [-0.1, -0.05) is 24.2 Å². The lowest BCUT2D eigenvalue weighted by atomic mass is 10.1. The number of rotatable bonds is 6. The predicted molar refractivity (Wildman–Crippen MR) is 83.5 cm³/mol. The standard InChI is InChI=1S/C15H19N3O4S/c1-4-13(15-16-10(2)18-22-15)17-14(19)9-11-5-7-12(8-6-11)23(3,20)21/h5-8,13H,4,9H2,1-3H3,(H,17,19)/t13-/m1/s1. The first kappa shape index (κ1) is 17.1. The Labute approximate surface area is 135 Å². The van der Waals surface area contributed by atoms with Crippen molar-refractivity contribution in [2.75, 3.05) is 6.26 Å². The molecule has 2 rings (SSSR count).